The van der Waals surface area contributed by atoms with Crippen molar-refractivity contribution in [3.8, 4) is 0 Å². The molecule has 2 aromatic carbocycles. The number of methoxy groups -OCH3 is 1. The van der Waals surface area contributed by atoms with Crippen molar-refractivity contribution in [1.29, 1.82) is 0 Å². The summed E-state index contributed by atoms with van der Waals surface area (Å²) < 4.78 is 4.80. The SMILES string of the molecule is COC(=O)c1ccccc1Nc1ccnc(NCc2ccccc2Cl)n1. The highest BCUT2D eigenvalue weighted by atomic mass is 35.5. The topological polar surface area (TPSA) is 76.1 Å². The Kier molecular flexibility index (Phi) is 5.66. The molecule has 1 aromatic heterocycles. The second-order valence-electron chi connectivity index (χ2n) is 5.37. The molecule has 7 heteroatoms. The zero-order chi connectivity index (χ0) is 18.4. The van der Waals surface area contributed by atoms with Crippen molar-refractivity contribution in [2.75, 3.05) is 17.7 Å². The number of esters is 1. The van der Waals surface area contributed by atoms with Crippen LogP contribution in [-0.2, 0) is 11.3 Å². The van der Waals surface area contributed by atoms with Gasteiger partial charge in [0.25, 0.3) is 0 Å². The minimum Gasteiger partial charge on any atom is -0.465 e. The molecule has 3 rings (SSSR count). The molecule has 0 radical (unpaired) electrons. The minimum atomic E-state index is -0.417. The molecule has 26 heavy (non-hydrogen) atoms. The second-order valence-corrected chi connectivity index (χ2v) is 5.78. The van der Waals surface area contributed by atoms with E-state index in [9.17, 15) is 4.79 Å². The first-order chi connectivity index (χ1) is 12.7. The number of ether oxygens (including phenoxy) is 1. The Bertz CT molecular complexity index is 917. The first-order valence-corrected chi connectivity index (χ1v) is 8.30. The van der Waals surface area contributed by atoms with Gasteiger partial charge in [0.15, 0.2) is 0 Å². The normalized spacial score (nSPS) is 10.2. The summed E-state index contributed by atoms with van der Waals surface area (Å²) in [6, 6.07) is 16.4. The first-order valence-electron chi connectivity index (χ1n) is 7.92. The average molecular weight is 369 g/mol. The predicted octanol–water partition coefficient (Wildman–Crippen LogP) is 4.27. The third kappa shape index (κ3) is 4.29. The number of carbonyl (C=O) groups is 1. The lowest BCUT2D eigenvalue weighted by Gasteiger charge is -2.11. The van der Waals surface area contributed by atoms with Crippen LogP contribution in [0, 0.1) is 0 Å². The largest absolute Gasteiger partial charge is 0.465 e. The van der Waals surface area contributed by atoms with Crippen molar-refractivity contribution < 1.29 is 9.53 Å². The molecular weight excluding hydrogens is 352 g/mol. The van der Waals surface area contributed by atoms with Gasteiger partial charge in [0.1, 0.15) is 5.82 Å². The minimum absolute atomic E-state index is 0.417. The van der Waals surface area contributed by atoms with Crippen LogP contribution in [0.5, 0.6) is 0 Å². The van der Waals surface area contributed by atoms with Crippen LogP contribution in [0.1, 0.15) is 15.9 Å². The van der Waals surface area contributed by atoms with E-state index in [1.807, 2.05) is 30.3 Å². The van der Waals surface area contributed by atoms with Crippen molar-refractivity contribution in [3.05, 3.63) is 76.9 Å². The molecule has 2 N–H and O–H groups in total. The fourth-order valence-corrected chi connectivity index (χ4v) is 2.55. The number of hydrogen-bond donors (Lipinski definition) is 2. The highest BCUT2D eigenvalue weighted by molar-refractivity contribution is 6.31. The summed E-state index contributed by atoms with van der Waals surface area (Å²) in [5.41, 5.74) is 1.99. The molecule has 0 aliphatic rings. The monoisotopic (exact) mass is 368 g/mol. The summed E-state index contributed by atoms with van der Waals surface area (Å²) in [6.45, 7) is 0.502. The van der Waals surface area contributed by atoms with Gasteiger partial charge in [-0.1, -0.05) is 41.9 Å². The van der Waals surface area contributed by atoms with Gasteiger partial charge in [-0.25, -0.2) is 9.78 Å². The number of anilines is 3. The number of carbonyl (C=O) groups excluding carboxylic acids is 1. The molecule has 0 atom stereocenters. The molecule has 0 aliphatic heterocycles. The lowest BCUT2D eigenvalue weighted by molar-refractivity contribution is 0.0602. The van der Waals surface area contributed by atoms with Gasteiger partial charge in [-0.05, 0) is 29.8 Å². The predicted molar refractivity (Wildman–Crippen MR) is 102 cm³/mol. The van der Waals surface area contributed by atoms with Crippen LogP contribution in [0.4, 0.5) is 17.5 Å². The lowest BCUT2D eigenvalue weighted by Crippen LogP contribution is -2.08. The molecule has 132 valence electrons. The highest BCUT2D eigenvalue weighted by Crippen LogP contribution is 2.21. The Balaban J connectivity index is 1.74. The zero-order valence-electron chi connectivity index (χ0n) is 14.1. The highest BCUT2D eigenvalue weighted by Gasteiger charge is 2.11. The van der Waals surface area contributed by atoms with E-state index >= 15 is 0 Å². The summed E-state index contributed by atoms with van der Waals surface area (Å²) in [5, 5.41) is 6.94. The van der Waals surface area contributed by atoms with E-state index in [2.05, 4.69) is 20.6 Å². The van der Waals surface area contributed by atoms with Gasteiger partial charge in [0.05, 0.1) is 18.4 Å². The maximum absolute atomic E-state index is 11.9. The molecule has 0 saturated heterocycles. The molecule has 0 unspecified atom stereocenters. The fraction of sp³-hybridized carbons (Fsp3) is 0.105. The zero-order valence-corrected chi connectivity index (χ0v) is 14.8. The van der Waals surface area contributed by atoms with Crippen LogP contribution in [-0.4, -0.2) is 23.0 Å². The Morgan fingerprint density at radius 3 is 2.69 bits per heavy atom. The first kappa shape index (κ1) is 17.7. The van der Waals surface area contributed by atoms with E-state index in [4.69, 9.17) is 16.3 Å². The molecule has 6 nitrogen and oxygen atoms in total. The van der Waals surface area contributed by atoms with Gasteiger partial charge in [-0.3, -0.25) is 0 Å². The smallest absolute Gasteiger partial charge is 0.339 e. The number of nitrogens with one attached hydrogen (secondary N) is 2. The van der Waals surface area contributed by atoms with E-state index in [1.165, 1.54) is 7.11 Å². The van der Waals surface area contributed by atoms with Crippen molar-refractivity contribution in [2.24, 2.45) is 0 Å². The fourth-order valence-electron chi connectivity index (χ4n) is 2.35. The van der Waals surface area contributed by atoms with Gasteiger partial charge < -0.3 is 15.4 Å². The van der Waals surface area contributed by atoms with E-state index < -0.39 is 5.97 Å². The summed E-state index contributed by atoms with van der Waals surface area (Å²) in [6.07, 6.45) is 1.63. The summed E-state index contributed by atoms with van der Waals surface area (Å²) in [4.78, 5) is 20.5. The maximum atomic E-state index is 11.9. The number of nitrogens with zero attached hydrogens (tertiary/aromatic N) is 2. The molecule has 1 heterocycles. The third-order valence-corrected chi connectivity index (χ3v) is 4.01. The second kappa shape index (κ2) is 8.31. The summed E-state index contributed by atoms with van der Waals surface area (Å²) in [5.74, 6) is 0.586. The molecule has 0 spiro atoms. The number of para-hydroxylation sites is 1. The lowest BCUT2D eigenvalue weighted by atomic mass is 10.2. The standard InChI is InChI=1S/C19H17ClN4O2/c1-26-18(25)14-7-3-5-9-16(14)23-17-10-11-21-19(24-17)22-12-13-6-2-4-8-15(13)20/h2-11H,12H2,1H3,(H2,21,22,23,24). The van der Waals surface area contributed by atoms with Crippen molar-refractivity contribution in [3.63, 3.8) is 0 Å². The number of hydrogen-bond acceptors (Lipinski definition) is 6. The summed E-state index contributed by atoms with van der Waals surface area (Å²) >= 11 is 6.15. The van der Waals surface area contributed by atoms with Crippen LogP contribution < -0.4 is 10.6 Å². The van der Waals surface area contributed by atoms with Crippen molar-refractivity contribution in [2.45, 2.75) is 6.54 Å². The molecule has 0 aliphatic carbocycles. The number of rotatable bonds is 6. The Labute approximate surface area is 156 Å². The van der Waals surface area contributed by atoms with Crippen LogP contribution in [0.3, 0.4) is 0 Å². The number of aromatic nitrogens is 2. The summed E-state index contributed by atoms with van der Waals surface area (Å²) in [7, 11) is 1.35. The van der Waals surface area contributed by atoms with Gasteiger partial charge in [-0.2, -0.15) is 4.98 Å². The van der Waals surface area contributed by atoms with Gasteiger partial charge in [0.2, 0.25) is 5.95 Å². The Morgan fingerprint density at radius 2 is 1.88 bits per heavy atom. The average Bonchev–Trinajstić information content (AvgIpc) is 2.67. The Morgan fingerprint density at radius 1 is 1.12 bits per heavy atom. The number of halogens is 1. The van der Waals surface area contributed by atoms with E-state index in [0.717, 1.165) is 5.56 Å². The van der Waals surface area contributed by atoms with E-state index in [-0.39, 0.29) is 0 Å². The third-order valence-electron chi connectivity index (χ3n) is 3.65. The van der Waals surface area contributed by atoms with Crippen LogP contribution in [0.2, 0.25) is 5.02 Å². The van der Waals surface area contributed by atoms with Crippen molar-refractivity contribution in [1.82, 2.24) is 9.97 Å². The van der Waals surface area contributed by atoms with Crippen LogP contribution in [0.25, 0.3) is 0 Å². The van der Waals surface area contributed by atoms with E-state index in [1.54, 1.807) is 30.5 Å². The van der Waals surface area contributed by atoms with Gasteiger partial charge in [0, 0.05) is 17.8 Å². The van der Waals surface area contributed by atoms with Crippen LogP contribution >= 0.6 is 11.6 Å². The maximum Gasteiger partial charge on any atom is 0.339 e. The van der Waals surface area contributed by atoms with E-state index in [0.29, 0.717) is 34.6 Å². The molecular formula is C19H17ClN4O2. The van der Waals surface area contributed by atoms with Crippen molar-refractivity contribution >= 4 is 35.0 Å². The molecule has 0 bridgehead atoms. The van der Waals surface area contributed by atoms with Gasteiger partial charge >= 0.3 is 5.97 Å². The number of benzene rings is 2. The van der Waals surface area contributed by atoms with Gasteiger partial charge in [-0.15, -0.1) is 0 Å². The quantitative estimate of drug-likeness (QED) is 0.633. The van der Waals surface area contributed by atoms with Crippen LogP contribution in [0.15, 0.2) is 60.8 Å². The Hall–Kier alpha value is -3.12. The molecule has 0 fully saturated rings. The molecule has 0 saturated carbocycles. The molecule has 0 amide bonds. The molecule has 3 aromatic rings.